The van der Waals surface area contributed by atoms with E-state index in [4.69, 9.17) is 0 Å². The molecule has 0 unspecified atom stereocenters. The number of hydrogen-bond donors (Lipinski definition) is 1. The summed E-state index contributed by atoms with van der Waals surface area (Å²) in [6, 6.07) is 7.89. The smallest absolute Gasteiger partial charge is 0.249 e. The first-order valence-corrected chi connectivity index (χ1v) is 7.98. The Bertz CT molecular complexity index is 611. The van der Waals surface area contributed by atoms with E-state index in [2.05, 4.69) is 48.3 Å². The summed E-state index contributed by atoms with van der Waals surface area (Å²) in [6.07, 6.45) is 4.15. The Hall–Kier alpha value is -1.69. The maximum Gasteiger partial charge on any atom is 0.249 e. The fraction of sp³-hybridized carbons (Fsp3) is 0.400. The van der Waals surface area contributed by atoms with Crippen LogP contribution in [0.15, 0.2) is 34.9 Å². The van der Waals surface area contributed by atoms with E-state index < -0.39 is 0 Å². The van der Waals surface area contributed by atoms with Crippen LogP contribution in [-0.2, 0) is 0 Å². The lowest BCUT2D eigenvalue weighted by Crippen LogP contribution is -2.33. The Labute approximate surface area is 132 Å². The van der Waals surface area contributed by atoms with Gasteiger partial charge in [0.2, 0.25) is 5.95 Å². The van der Waals surface area contributed by atoms with E-state index in [0.29, 0.717) is 5.95 Å². The minimum atomic E-state index is 0.526. The number of piperidine rings is 1. The second-order valence-corrected chi connectivity index (χ2v) is 6.27. The van der Waals surface area contributed by atoms with E-state index >= 15 is 0 Å². The van der Waals surface area contributed by atoms with Crippen molar-refractivity contribution in [1.29, 1.82) is 0 Å². The summed E-state index contributed by atoms with van der Waals surface area (Å²) in [5.41, 5.74) is 0.934. The molecule has 1 aromatic heterocycles. The van der Waals surface area contributed by atoms with Crippen LogP contribution in [0.4, 0.5) is 17.5 Å². The van der Waals surface area contributed by atoms with E-state index in [9.17, 15) is 0 Å². The molecule has 0 bridgehead atoms. The summed E-state index contributed by atoms with van der Waals surface area (Å²) in [6.45, 7) is 4.37. The molecule has 1 N–H and O–H groups in total. The van der Waals surface area contributed by atoms with Crippen LogP contribution in [-0.4, -0.2) is 28.3 Å². The molecule has 0 saturated carbocycles. The first-order chi connectivity index (χ1) is 10.2. The lowest BCUT2D eigenvalue weighted by atomic mass is 9.99. The third-order valence-corrected chi connectivity index (χ3v) is 4.47. The van der Waals surface area contributed by atoms with Gasteiger partial charge in [-0.1, -0.05) is 19.1 Å². The second-order valence-electron chi connectivity index (χ2n) is 5.41. The topological polar surface area (TPSA) is 53.9 Å². The number of nitrogens with zero attached hydrogens (tertiary/aromatic N) is 4. The van der Waals surface area contributed by atoms with Gasteiger partial charge in [0.1, 0.15) is 0 Å². The van der Waals surface area contributed by atoms with Crippen LogP contribution in [0.1, 0.15) is 19.8 Å². The Kier molecular flexibility index (Phi) is 4.34. The molecule has 21 heavy (non-hydrogen) atoms. The van der Waals surface area contributed by atoms with Crippen LogP contribution in [0.5, 0.6) is 0 Å². The summed E-state index contributed by atoms with van der Waals surface area (Å²) >= 11 is 3.51. The molecular weight excluding hydrogens is 330 g/mol. The standard InChI is InChI=1S/C15H18BrN5/c1-11-6-8-21(9-7-11)14-10-17-20-15(19-14)18-13-5-3-2-4-12(13)16/h2-5,10-11H,6-9H2,1H3,(H,18,19,20). The summed E-state index contributed by atoms with van der Waals surface area (Å²) in [5, 5.41) is 11.3. The van der Waals surface area contributed by atoms with Crippen molar-refractivity contribution >= 4 is 33.4 Å². The quantitative estimate of drug-likeness (QED) is 0.918. The molecule has 1 aliphatic rings. The molecule has 5 nitrogen and oxygen atoms in total. The number of anilines is 3. The Morgan fingerprint density at radius 1 is 1.24 bits per heavy atom. The third kappa shape index (κ3) is 3.50. The molecule has 0 radical (unpaired) electrons. The zero-order chi connectivity index (χ0) is 14.7. The predicted octanol–water partition coefficient (Wildman–Crippen LogP) is 3.61. The van der Waals surface area contributed by atoms with E-state index in [1.54, 1.807) is 6.20 Å². The molecule has 6 heteroatoms. The fourth-order valence-corrected chi connectivity index (χ4v) is 2.80. The predicted molar refractivity (Wildman–Crippen MR) is 87.9 cm³/mol. The molecule has 1 saturated heterocycles. The molecule has 0 amide bonds. The minimum absolute atomic E-state index is 0.526. The molecule has 0 spiro atoms. The number of rotatable bonds is 3. The van der Waals surface area contributed by atoms with Gasteiger partial charge in [0, 0.05) is 17.6 Å². The third-order valence-electron chi connectivity index (χ3n) is 3.77. The highest BCUT2D eigenvalue weighted by atomic mass is 79.9. The Morgan fingerprint density at radius 3 is 2.76 bits per heavy atom. The monoisotopic (exact) mass is 347 g/mol. The van der Waals surface area contributed by atoms with Gasteiger partial charge in [0.25, 0.3) is 0 Å². The van der Waals surface area contributed by atoms with Crippen LogP contribution in [0.2, 0.25) is 0 Å². The lowest BCUT2D eigenvalue weighted by molar-refractivity contribution is 0.436. The summed E-state index contributed by atoms with van der Waals surface area (Å²) < 4.78 is 0.978. The average molecular weight is 348 g/mol. The van der Waals surface area contributed by atoms with Gasteiger partial charge >= 0.3 is 0 Å². The van der Waals surface area contributed by atoms with Crippen molar-refractivity contribution in [3.8, 4) is 0 Å². The average Bonchev–Trinajstić information content (AvgIpc) is 2.51. The van der Waals surface area contributed by atoms with Crippen molar-refractivity contribution in [2.75, 3.05) is 23.3 Å². The van der Waals surface area contributed by atoms with Crippen molar-refractivity contribution in [3.05, 3.63) is 34.9 Å². The molecule has 3 rings (SSSR count). The highest BCUT2D eigenvalue weighted by Crippen LogP contribution is 2.25. The maximum atomic E-state index is 4.58. The zero-order valence-electron chi connectivity index (χ0n) is 12.0. The van der Waals surface area contributed by atoms with Gasteiger partial charge in [-0.2, -0.15) is 10.1 Å². The maximum absolute atomic E-state index is 4.58. The Balaban J connectivity index is 1.76. The first kappa shape index (κ1) is 14.3. The summed E-state index contributed by atoms with van der Waals surface area (Å²) in [4.78, 5) is 6.86. The SMILES string of the molecule is CC1CCN(c2cnnc(Nc3ccccc3Br)n2)CC1. The van der Waals surface area contributed by atoms with Crippen LogP contribution < -0.4 is 10.2 Å². The summed E-state index contributed by atoms with van der Waals surface area (Å²) in [7, 11) is 0. The lowest BCUT2D eigenvalue weighted by Gasteiger charge is -2.30. The normalized spacial score (nSPS) is 16.0. The van der Waals surface area contributed by atoms with Crippen molar-refractivity contribution in [3.63, 3.8) is 0 Å². The highest BCUT2D eigenvalue weighted by molar-refractivity contribution is 9.10. The van der Waals surface area contributed by atoms with E-state index in [-0.39, 0.29) is 0 Å². The van der Waals surface area contributed by atoms with Crippen molar-refractivity contribution in [2.24, 2.45) is 5.92 Å². The molecule has 0 aliphatic carbocycles. The molecular formula is C15H18BrN5. The molecule has 2 heterocycles. The second kappa shape index (κ2) is 6.39. The molecule has 1 aliphatic heterocycles. The molecule has 2 aromatic rings. The minimum Gasteiger partial charge on any atom is -0.355 e. The fourth-order valence-electron chi connectivity index (χ4n) is 2.42. The van der Waals surface area contributed by atoms with Gasteiger partial charge < -0.3 is 10.2 Å². The number of hydrogen-bond acceptors (Lipinski definition) is 5. The largest absolute Gasteiger partial charge is 0.355 e. The van der Waals surface area contributed by atoms with Crippen molar-refractivity contribution in [2.45, 2.75) is 19.8 Å². The van der Waals surface area contributed by atoms with Crippen LogP contribution in [0.3, 0.4) is 0 Å². The molecule has 1 fully saturated rings. The number of para-hydroxylation sites is 1. The zero-order valence-corrected chi connectivity index (χ0v) is 13.5. The van der Waals surface area contributed by atoms with E-state index in [0.717, 1.165) is 35.0 Å². The summed E-state index contributed by atoms with van der Waals surface area (Å²) in [5.74, 6) is 2.22. The van der Waals surface area contributed by atoms with Crippen molar-refractivity contribution in [1.82, 2.24) is 15.2 Å². The van der Waals surface area contributed by atoms with Gasteiger partial charge in [-0.15, -0.1) is 5.10 Å². The highest BCUT2D eigenvalue weighted by Gasteiger charge is 2.17. The molecule has 110 valence electrons. The van der Waals surface area contributed by atoms with Crippen LogP contribution >= 0.6 is 15.9 Å². The van der Waals surface area contributed by atoms with Crippen molar-refractivity contribution < 1.29 is 0 Å². The van der Waals surface area contributed by atoms with E-state index in [1.807, 2.05) is 24.3 Å². The number of aromatic nitrogens is 3. The number of nitrogens with one attached hydrogen (secondary N) is 1. The Morgan fingerprint density at radius 2 is 2.00 bits per heavy atom. The number of benzene rings is 1. The van der Waals surface area contributed by atoms with E-state index in [1.165, 1.54) is 12.8 Å². The number of halogens is 1. The first-order valence-electron chi connectivity index (χ1n) is 7.18. The molecule has 0 atom stereocenters. The van der Waals surface area contributed by atoms with Crippen LogP contribution in [0, 0.1) is 5.92 Å². The van der Waals surface area contributed by atoms with Gasteiger partial charge in [-0.3, -0.25) is 0 Å². The van der Waals surface area contributed by atoms with Crippen LogP contribution in [0.25, 0.3) is 0 Å². The van der Waals surface area contributed by atoms with Gasteiger partial charge in [0.05, 0.1) is 11.9 Å². The van der Waals surface area contributed by atoms with Gasteiger partial charge in [-0.25, -0.2) is 0 Å². The molecule has 1 aromatic carbocycles. The van der Waals surface area contributed by atoms with Gasteiger partial charge in [-0.05, 0) is 46.8 Å². The van der Waals surface area contributed by atoms with Gasteiger partial charge in [0.15, 0.2) is 5.82 Å².